The Kier molecular flexibility index (Phi) is 30.2. The number of benzene rings is 4. The Labute approximate surface area is 879 Å². The number of imidazole rings is 3. The number of amides is 3. The molecule has 0 bridgehead atoms. The maximum atomic E-state index is 12.0. The molecular formula is C107H109N29O9S5. The van der Waals surface area contributed by atoms with Crippen LogP contribution in [0.2, 0.25) is 0 Å². The maximum Gasteiger partial charge on any atom is 0.236 e. The molecule has 20 heterocycles. The van der Waals surface area contributed by atoms with Gasteiger partial charge in [0.05, 0.1) is 129 Å². The second-order valence-corrected chi connectivity index (χ2v) is 42.5. The van der Waals surface area contributed by atoms with Crippen molar-refractivity contribution in [3.63, 3.8) is 0 Å². The van der Waals surface area contributed by atoms with Gasteiger partial charge in [0.15, 0.2) is 5.82 Å². The lowest BCUT2D eigenvalue weighted by atomic mass is 10.1. The number of hydrogen-bond donors (Lipinski definition) is 5. The van der Waals surface area contributed by atoms with E-state index in [4.69, 9.17) is 59.3 Å². The van der Waals surface area contributed by atoms with Gasteiger partial charge >= 0.3 is 0 Å². The highest BCUT2D eigenvalue weighted by atomic mass is 32.2. The molecule has 4 saturated heterocycles. The van der Waals surface area contributed by atoms with Gasteiger partial charge < -0.3 is 49.0 Å². The number of sulfonamides is 1. The van der Waals surface area contributed by atoms with Crippen LogP contribution in [0, 0.1) is 27.7 Å². The van der Waals surface area contributed by atoms with E-state index in [0.29, 0.717) is 91.2 Å². The van der Waals surface area contributed by atoms with Crippen molar-refractivity contribution in [3.8, 4) is 153 Å². The average Bonchev–Trinajstić information content (AvgIpc) is 1.62. The van der Waals surface area contributed by atoms with Gasteiger partial charge in [-0.25, -0.2) is 66.4 Å². The van der Waals surface area contributed by atoms with Crippen molar-refractivity contribution in [2.45, 2.75) is 34.6 Å². The molecule has 766 valence electrons. The molecule has 4 aromatic carbocycles. The first-order valence-corrected chi connectivity index (χ1v) is 54.5. The third kappa shape index (κ3) is 22.7. The molecule has 4 aliphatic heterocycles. The molecule has 4 aliphatic rings. The fraction of sp³-hybridized carbons (Fsp3) is 0.271. The van der Waals surface area contributed by atoms with Crippen LogP contribution in [0.3, 0.4) is 0 Å². The SMILES string of the molecule is CC(=O)N1CCN(CCOc2ccn3nc(C)c(-c4nc(-c5ccccc5)c(-c5ncc[nH]5)s4)c3c2)CC1.Cc1nn2ccc(OCCN3CCN(C)C(=O)C3)cc2c1-c1nc(-c2ccccc2)c(-c2ncn[nH]2)s1.Cc1nn2ccc(OCCN3CCN(S(C)(=O)=O)CC3)cc2c1-c1nc(-c2ccccc2)c(-c2ncc[nH]2)s1.Cc1nn2ccc(OCCN3CCNC(=O)C3)cc2c1-c1nc(-c2ccccc2)c(-c2ncc[nH]2)s1. The Morgan fingerprint density at radius 3 is 1.03 bits per heavy atom. The summed E-state index contributed by atoms with van der Waals surface area (Å²) < 4.78 is 56.9. The molecule has 43 heteroatoms. The van der Waals surface area contributed by atoms with Crippen LogP contribution in [-0.4, -0.2) is 321 Å². The number of carbonyl (C=O) groups excluding carboxylic acids is 3. The number of likely N-dealkylation sites (N-methyl/N-ethyl adjacent to an activating group) is 1. The molecule has 0 radical (unpaired) electrons. The first-order chi connectivity index (χ1) is 73.1. The number of aromatic amines is 4. The van der Waals surface area contributed by atoms with E-state index in [9.17, 15) is 22.8 Å². The third-order valence-electron chi connectivity index (χ3n) is 26.4. The molecular weight excluding hydrogens is 2000 g/mol. The van der Waals surface area contributed by atoms with E-state index in [2.05, 4.69) is 106 Å². The largest absolute Gasteiger partial charge is 0.492 e. The summed E-state index contributed by atoms with van der Waals surface area (Å²) in [5, 5.41) is 32.3. The minimum Gasteiger partial charge on any atom is -0.492 e. The van der Waals surface area contributed by atoms with E-state index in [-0.39, 0.29) is 17.7 Å². The van der Waals surface area contributed by atoms with Crippen LogP contribution in [0.15, 0.2) is 238 Å². The molecule has 38 nitrogen and oxygen atoms in total. The summed E-state index contributed by atoms with van der Waals surface area (Å²) in [5.74, 6) is 6.49. The Morgan fingerprint density at radius 2 is 0.720 bits per heavy atom. The van der Waals surface area contributed by atoms with E-state index < -0.39 is 10.0 Å². The van der Waals surface area contributed by atoms with Gasteiger partial charge in [0.2, 0.25) is 27.7 Å². The number of nitrogens with zero attached hydrogens (tertiary/aromatic N) is 24. The van der Waals surface area contributed by atoms with Crippen molar-refractivity contribution in [1.82, 2.24) is 142 Å². The summed E-state index contributed by atoms with van der Waals surface area (Å²) >= 11 is 6.36. The van der Waals surface area contributed by atoms with E-state index in [0.717, 1.165) is 251 Å². The molecule has 0 saturated carbocycles. The van der Waals surface area contributed by atoms with Crippen molar-refractivity contribution in [3.05, 3.63) is 261 Å². The van der Waals surface area contributed by atoms with Crippen LogP contribution in [0.1, 0.15) is 29.7 Å². The van der Waals surface area contributed by atoms with E-state index in [1.807, 2.05) is 235 Å². The van der Waals surface area contributed by atoms with Crippen molar-refractivity contribution in [2.75, 3.05) is 158 Å². The lowest BCUT2D eigenvalue weighted by Crippen LogP contribution is -2.49. The summed E-state index contributed by atoms with van der Waals surface area (Å²) in [7, 11) is -1.29. The monoisotopic (exact) mass is 2100 g/mol. The topological polar surface area (TPSA) is 405 Å². The van der Waals surface area contributed by atoms with Gasteiger partial charge in [0, 0.05) is 227 Å². The Hall–Kier alpha value is -15.7. The minimum absolute atomic E-state index is 0.0642. The maximum absolute atomic E-state index is 12.0. The Morgan fingerprint density at radius 1 is 0.393 bits per heavy atom. The molecule has 5 N–H and O–H groups in total. The predicted molar refractivity (Wildman–Crippen MR) is 581 cm³/mol. The lowest BCUT2D eigenvalue weighted by molar-refractivity contribution is -0.134. The highest BCUT2D eigenvalue weighted by Crippen LogP contribution is 2.48. The number of aryl methyl sites for hydroxylation is 4. The van der Waals surface area contributed by atoms with Crippen molar-refractivity contribution in [1.29, 1.82) is 0 Å². The summed E-state index contributed by atoms with van der Waals surface area (Å²) in [5.41, 5.74) is 18.8. The number of aromatic nitrogens is 21. The van der Waals surface area contributed by atoms with Gasteiger partial charge in [-0.15, -0.1) is 45.3 Å². The van der Waals surface area contributed by atoms with Crippen LogP contribution < -0.4 is 24.3 Å². The van der Waals surface area contributed by atoms with Crippen LogP contribution in [0.4, 0.5) is 0 Å². The molecule has 16 aromatic heterocycles. The standard InChI is InChI=1S/C28H29N7O2S.C27H29N7O3S2.C26H26N8O2S.C26H25N7O2S/c1-19-24(28-31-25(21-6-4-3-5-7-21)26(38-28)27-29-9-10-30-27)23-18-22(8-11-35(23)32-19)37-17-16-33-12-14-34(15-13-33)20(2)36;1-19-23(27-30-24(20-6-4-3-5-7-20)25(38-27)26-28-9-10-29-26)22-18-21(8-11-34(22)31-19)37-17-16-32-12-14-33(15-13-32)39(2,35)36;1-17-22(26-29-23(18-6-4-3-5-7-18)24(37-26)25-27-16-28-30-25)20-14-19(8-9-34(20)31-17)36-13-12-33-11-10-32(2)21(35)15-33;1-17-22(26-30-23(18-5-3-2-4-6-18)24(36-26)25-28-8-9-29-25)20-15-19(7-11-33(20)31-17)35-14-13-32-12-10-27-21(34)16-32/h3-11,18H,12-17H2,1-2H3,(H,29,30);3-11,18H,12-17H2,1-2H3,(H,28,29);3-9,14,16H,10-13,15H2,1-2H3,(H,27,28,30);2-9,11,15H,10,12-14,16H2,1H3,(H,27,34)(H,28,29). The molecule has 0 aliphatic carbocycles. The minimum atomic E-state index is -3.13. The average molecular weight is 2110 g/mol. The van der Waals surface area contributed by atoms with Crippen LogP contribution in [0.25, 0.3) is 152 Å². The summed E-state index contributed by atoms with van der Waals surface area (Å²) in [6.07, 6.45) is 21.2. The molecule has 20 aromatic rings. The number of ether oxygens (including phenoxy) is 4. The van der Waals surface area contributed by atoms with Gasteiger partial charge in [-0.05, 0) is 52.0 Å². The van der Waals surface area contributed by atoms with Gasteiger partial charge in [-0.2, -0.15) is 29.8 Å². The molecule has 0 unspecified atom stereocenters. The molecule has 24 rings (SSSR count). The highest BCUT2D eigenvalue weighted by Gasteiger charge is 2.32. The van der Waals surface area contributed by atoms with Gasteiger partial charge in [-0.3, -0.25) is 39.1 Å². The van der Waals surface area contributed by atoms with Gasteiger partial charge in [0.1, 0.15) is 93.3 Å². The van der Waals surface area contributed by atoms with Crippen molar-refractivity contribution in [2.24, 2.45) is 0 Å². The third-order valence-corrected chi connectivity index (χ3v) is 32.0. The molecule has 0 spiro atoms. The highest BCUT2D eigenvalue weighted by molar-refractivity contribution is 7.88. The number of carbonyl (C=O) groups is 3. The smallest absolute Gasteiger partial charge is 0.236 e. The zero-order valence-electron chi connectivity index (χ0n) is 83.5. The number of nitrogens with one attached hydrogen (secondary N) is 5. The zero-order valence-corrected chi connectivity index (χ0v) is 87.6. The van der Waals surface area contributed by atoms with E-state index in [1.54, 1.807) is 75.8 Å². The number of thiazole rings is 4. The lowest BCUT2D eigenvalue weighted by Gasteiger charge is -2.34. The first kappa shape index (κ1) is 100. The zero-order chi connectivity index (χ0) is 103. The van der Waals surface area contributed by atoms with E-state index in [1.165, 1.54) is 16.9 Å². The Bertz CT molecular complexity index is 8200. The second-order valence-electron chi connectivity index (χ2n) is 36.5. The normalized spacial score (nSPS) is 14.6. The van der Waals surface area contributed by atoms with Gasteiger partial charge in [0.25, 0.3) is 0 Å². The fourth-order valence-electron chi connectivity index (χ4n) is 18.6. The quantitative estimate of drug-likeness (QED) is 0.0291. The first-order valence-electron chi connectivity index (χ1n) is 49.3. The molecule has 3 amide bonds. The van der Waals surface area contributed by atoms with E-state index >= 15 is 0 Å². The van der Waals surface area contributed by atoms with Gasteiger partial charge in [-0.1, -0.05) is 121 Å². The number of H-pyrrole nitrogens is 4. The number of fused-ring (bicyclic) bond motifs is 4. The fourth-order valence-corrected chi connectivity index (χ4v) is 24.0. The number of hydrogen-bond acceptors (Lipinski definition) is 30. The van der Waals surface area contributed by atoms with Crippen molar-refractivity contribution < 1.29 is 41.7 Å². The number of pyridine rings is 4. The van der Waals surface area contributed by atoms with Crippen LogP contribution in [-0.2, 0) is 24.4 Å². The number of rotatable bonds is 29. The summed E-state index contributed by atoms with van der Waals surface area (Å²) in [6, 6.07) is 56.3. The number of piperazine rings is 4. The summed E-state index contributed by atoms with van der Waals surface area (Å²) in [6.45, 7) is 24.4. The second kappa shape index (κ2) is 45.2. The van der Waals surface area contributed by atoms with Crippen molar-refractivity contribution >= 4 is 95.2 Å². The summed E-state index contributed by atoms with van der Waals surface area (Å²) in [4.78, 5) is 99.3. The molecule has 150 heavy (non-hydrogen) atoms. The predicted octanol–water partition coefficient (Wildman–Crippen LogP) is 15.2. The molecule has 0 atom stereocenters. The van der Waals surface area contributed by atoms with Crippen LogP contribution >= 0.6 is 45.3 Å². The van der Waals surface area contributed by atoms with Crippen LogP contribution in [0.5, 0.6) is 23.0 Å². The molecule has 4 fully saturated rings. The Balaban J connectivity index is 0.000000117.